The molecule has 0 saturated carbocycles. The average molecular weight is 318 g/mol. The standard InChI is InChI=1S/C21H18OS/c1-23-20(22)21(17-11-5-2-6-12-17,18-13-7-3-8-14-18)19-15-9-4-10-16-19/h2-16H,1H3. The van der Waals surface area contributed by atoms with E-state index >= 15 is 0 Å². The highest BCUT2D eigenvalue weighted by atomic mass is 32.2. The van der Waals surface area contributed by atoms with E-state index in [2.05, 4.69) is 0 Å². The van der Waals surface area contributed by atoms with E-state index in [1.165, 1.54) is 11.8 Å². The monoisotopic (exact) mass is 318 g/mol. The van der Waals surface area contributed by atoms with Crippen LogP contribution in [-0.2, 0) is 10.2 Å². The fraction of sp³-hybridized carbons (Fsp3) is 0.0952. The van der Waals surface area contributed by atoms with Crippen molar-refractivity contribution in [2.45, 2.75) is 5.41 Å². The molecule has 0 fully saturated rings. The van der Waals surface area contributed by atoms with Crippen LogP contribution in [0.2, 0.25) is 0 Å². The number of carbonyl (C=O) groups is 1. The van der Waals surface area contributed by atoms with Gasteiger partial charge in [0.25, 0.3) is 0 Å². The van der Waals surface area contributed by atoms with Crippen LogP contribution in [0.25, 0.3) is 0 Å². The van der Waals surface area contributed by atoms with Crippen LogP contribution in [0, 0.1) is 0 Å². The fourth-order valence-corrected chi connectivity index (χ4v) is 3.73. The molecule has 3 rings (SSSR count). The lowest BCUT2D eigenvalue weighted by Gasteiger charge is -2.33. The molecule has 0 saturated heterocycles. The second-order valence-electron chi connectivity index (χ2n) is 5.34. The van der Waals surface area contributed by atoms with Gasteiger partial charge in [-0.2, -0.15) is 0 Å². The third kappa shape index (κ3) is 2.71. The molecule has 0 N–H and O–H groups in total. The normalized spacial score (nSPS) is 11.2. The van der Waals surface area contributed by atoms with Gasteiger partial charge in [-0.05, 0) is 22.9 Å². The molecule has 3 aromatic carbocycles. The van der Waals surface area contributed by atoms with Gasteiger partial charge in [0.15, 0.2) is 0 Å². The van der Waals surface area contributed by atoms with Crippen molar-refractivity contribution in [2.75, 3.05) is 6.26 Å². The summed E-state index contributed by atoms with van der Waals surface area (Å²) in [5.74, 6) is 0. The second kappa shape index (κ2) is 6.84. The van der Waals surface area contributed by atoms with Crippen LogP contribution >= 0.6 is 11.8 Å². The molecule has 3 aromatic rings. The van der Waals surface area contributed by atoms with E-state index in [9.17, 15) is 4.79 Å². The molecule has 0 atom stereocenters. The molecule has 0 unspecified atom stereocenters. The zero-order chi connectivity index (χ0) is 16.1. The lowest BCUT2D eigenvalue weighted by atomic mass is 9.70. The summed E-state index contributed by atoms with van der Waals surface area (Å²) in [7, 11) is 0. The summed E-state index contributed by atoms with van der Waals surface area (Å²) in [4.78, 5) is 13.2. The smallest absolute Gasteiger partial charge is 0.208 e. The summed E-state index contributed by atoms with van der Waals surface area (Å²) in [6, 6.07) is 30.1. The Bertz CT molecular complexity index is 670. The Kier molecular flexibility index (Phi) is 4.63. The van der Waals surface area contributed by atoms with E-state index in [1.807, 2.05) is 97.3 Å². The van der Waals surface area contributed by atoms with Crippen molar-refractivity contribution in [2.24, 2.45) is 0 Å². The van der Waals surface area contributed by atoms with Crippen LogP contribution in [0.5, 0.6) is 0 Å². The van der Waals surface area contributed by atoms with Crippen LogP contribution in [0.3, 0.4) is 0 Å². The quantitative estimate of drug-likeness (QED) is 0.636. The maximum Gasteiger partial charge on any atom is 0.208 e. The summed E-state index contributed by atoms with van der Waals surface area (Å²) < 4.78 is 0. The van der Waals surface area contributed by atoms with E-state index in [0.717, 1.165) is 16.7 Å². The minimum Gasteiger partial charge on any atom is -0.285 e. The van der Waals surface area contributed by atoms with E-state index in [-0.39, 0.29) is 5.12 Å². The van der Waals surface area contributed by atoms with Gasteiger partial charge < -0.3 is 0 Å². The van der Waals surface area contributed by atoms with Crippen molar-refractivity contribution in [3.63, 3.8) is 0 Å². The molecule has 0 aromatic heterocycles. The first kappa shape index (κ1) is 15.6. The largest absolute Gasteiger partial charge is 0.285 e. The minimum absolute atomic E-state index is 0.126. The van der Waals surface area contributed by atoms with Gasteiger partial charge in [-0.15, -0.1) is 0 Å². The Morgan fingerprint density at radius 1 is 0.652 bits per heavy atom. The van der Waals surface area contributed by atoms with Crippen molar-refractivity contribution in [1.82, 2.24) is 0 Å². The Morgan fingerprint density at radius 3 is 1.22 bits per heavy atom. The molecule has 2 heteroatoms. The SMILES string of the molecule is CSC(=O)C(c1ccccc1)(c1ccccc1)c1ccccc1. The van der Waals surface area contributed by atoms with Crippen LogP contribution in [0.1, 0.15) is 16.7 Å². The molecule has 1 nitrogen and oxygen atoms in total. The first-order valence-electron chi connectivity index (χ1n) is 7.55. The van der Waals surface area contributed by atoms with Crippen LogP contribution in [0.15, 0.2) is 91.0 Å². The van der Waals surface area contributed by atoms with Gasteiger partial charge in [0.2, 0.25) is 5.12 Å². The highest BCUT2D eigenvalue weighted by molar-refractivity contribution is 8.13. The number of hydrogen-bond donors (Lipinski definition) is 0. The molecule has 0 spiro atoms. The zero-order valence-corrected chi connectivity index (χ0v) is 13.8. The molecule has 23 heavy (non-hydrogen) atoms. The Labute approximate surface area is 141 Å². The number of carbonyl (C=O) groups excluding carboxylic acids is 1. The molecule has 0 aliphatic carbocycles. The molecule has 0 amide bonds. The zero-order valence-electron chi connectivity index (χ0n) is 13.0. The summed E-state index contributed by atoms with van der Waals surface area (Å²) in [5, 5.41) is 0.126. The first-order chi connectivity index (χ1) is 11.3. The second-order valence-corrected chi connectivity index (χ2v) is 6.12. The molecular formula is C21H18OS. The fourth-order valence-electron chi connectivity index (χ4n) is 3.07. The van der Waals surface area contributed by atoms with E-state index in [4.69, 9.17) is 0 Å². The van der Waals surface area contributed by atoms with Gasteiger partial charge in [0.05, 0.1) is 0 Å². The van der Waals surface area contributed by atoms with Gasteiger partial charge in [-0.3, -0.25) is 4.79 Å². The number of rotatable bonds is 4. The van der Waals surface area contributed by atoms with Crippen LogP contribution in [-0.4, -0.2) is 11.4 Å². The Hall–Kier alpha value is -2.32. The number of benzene rings is 3. The molecule has 0 radical (unpaired) electrons. The Morgan fingerprint density at radius 2 is 0.957 bits per heavy atom. The van der Waals surface area contributed by atoms with Gasteiger partial charge in [0.1, 0.15) is 5.41 Å². The third-order valence-electron chi connectivity index (χ3n) is 4.11. The average Bonchev–Trinajstić information content (AvgIpc) is 2.65. The van der Waals surface area contributed by atoms with E-state index in [0.29, 0.717) is 0 Å². The van der Waals surface area contributed by atoms with E-state index in [1.54, 1.807) is 0 Å². The summed E-state index contributed by atoms with van der Waals surface area (Å²) in [6.45, 7) is 0. The lowest BCUT2D eigenvalue weighted by Crippen LogP contribution is -2.36. The Balaban J connectivity index is 2.38. The summed E-state index contributed by atoms with van der Waals surface area (Å²) in [5.41, 5.74) is 2.20. The molecular weight excluding hydrogens is 300 g/mol. The molecule has 0 aliphatic heterocycles. The highest BCUT2D eigenvalue weighted by Gasteiger charge is 2.42. The van der Waals surface area contributed by atoms with Crippen molar-refractivity contribution in [3.8, 4) is 0 Å². The van der Waals surface area contributed by atoms with Crippen LogP contribution in [0.4, 0.5) is 0 Å². The lowest BCUT2D eigenvalue weighted by molar-refractivity contribution is -0.113. The number of hydrogen-bond acceptors (Lipinski definition) is 2. The van der Waals surface area contributed by atoms with Crippen molar-refractivity contribution < 1.29 is 4.79 Å². The molecule has 0 heterocycles. The molecule has 0 aliphatic rings. The molecule has 0 bridgehead atoms. The predicted octanol–water partition coefficient (Wildman–Crippen LogP) is 4.91. The minimum atomic E-state index is -0.788. The van der Waals surface area contributed by atoms with Gasteiger partial charge in [-0.25, -0.2) is 0 Å². The summed E-state index contributed by atoms with van der Waals surface area (Å²) in [6.07, 6.45) is 1.85. The van der Waals surface area contributed by atoms with Gasteiger partial charge >= 0.3 is 0 Å². The number of thioether (sulfide) groups is 1. The van der Waals surface area contributed by atoms with Gasteiger partial charge in [0, 0.05) is 0 Å². The van der Waals surface area contributed by atoms with Gasteiger partial charge in [-0.1, -0.05) is 103 Å². The summed E-state index contributed by atoms with van der Waals surface area (Å²) >= 11 is 1.28. The van der Waals surface area contributed by atoms with E-state index < -0.39 is 5.41 Å². The predicted molar refractivity (Wildman–Crippen MR) is 97.7 cm³/mol. The van der Waals surface area contributed by atoms with Crippen LogP contribution < -0.4 is 0 Å². The first-order valence-corrected chi connectivity index (χ1v) is 8.77. The maximum absolute atomic E-state index is 13.2. The van der Waals surface area contributed by atoms with Crippen molar-refractivity contribution in [1.29, 1.82) is 0 Å². The maximum atomic E-state index is 13.2. The topological polar surface area (TPSA) is 17.1 Å². The third-order valence-corrected chi connectivity index (χ3v) is 4.79. The van der Waals surface area contributed by atoms with Crippen molar-refractivity contribution in [3.05, 3.63) is 108 Å². The highest BCUT2D eigenvalue weighted by Crippen LogP contribution is 2.42. The van der Waals surface area contributed by atoms with Crippen molar-refractivity contribution >= 4 is 16.9 Å². The molecule has 114 valence electrons.